The van der Waals surface area contributed by atoms with E-state index in [2.05, 4.69) is 10.4 Å². The van der Waals surface area contributed by atoms with Gasteiger partial charge in [0.25, 0.3) is 5.91 Å². The molecule has 0 atom stereocenters. The molecule has 1 aliphatic rings. The number of benzene rings is 1. The lowest BCUT2D eigenvalue weighted by Crippen LogP contribution is -2.50. The highest BCUT2D eigenvalue weighted by molar-refractivity contribution is 5.94. The second-order valence-corrected chi connectivity index (χ2v) is 6.88. The third-order valence-electron chi connectivity index (χ3n) is 4.71. The average Bonchev–Trinajstić information content (AvgIpc) is 2.94. The van der Waals surface area contributed by atoms with Crippen LogP contribution < -0.4 is 5.32 Å². The molecule has 1 N–H and O–H groups in total. The molecule has 0 unspecified atom stereocenters. The Kier molecular flexibility index (Phi) is 5.55. The van der Waals surface area contributed by atoms with Gasteiger partial charge in [0, 0.05) is 44.9 Å². The third-order valence-corrected chi connectivity index (χ3v) is 4.71. The highest BCUT2D eigenvalue weighted by Gasteiger charge is 2.24. The predicted molar refractivity (Wildman–Crippen MR) is 100 cm³/mol. The third kappa shape index (κ3) is 4.51. The van der Waals surface area contributed by atoms with E-state index in [-0.39, 0.29) is 24.2 Å². The number of anilines is 1. The largest absolute Gasteiger partial charge is 0.336 e. The second-order valence-electron chi connectivity index (χ2n) is 6.88. The van der Waals surface area contributed by atoms with Crippen LogP contribution in [-0.2, 0) is 11.8 Å². The van der Waals surface area contributed by atoms with Gasteiger partial charge in [-0.2, -0.15) is 5.10 Å². The lowest BCUT2D eigenvalue weighted by Gasteiger charge is -2.34. The molecule has 7 nitrogen and oxygen atoms in total. The monoisotopic (exact) mass is 373 g/mol. The molecule has 1 aromatic heterocycles. The van der Waals surface area contributed by atoms with Crippen LogP contribution in [0.15, 0.2) is 24.3 Å². The van der Waals surface area contributed by atoms with Crippen molar-refractivity contribution in [3.63, 3.8) is 0 Å². The van der Waals surface area contributed by atoms with E-state index in [1.165, 1.54) is 6.07 Å². The maximum atomic E-state index is 13.7. The van der Waals surface area contributed by atoms with Gasteiger partial charge in [0.2, 0.25) is 5.91 Å². The average molecular weight is 373 g/mol. The fraction of sp³-hybridized carbons (Fsp3) is 0.421. The zero-order chi connectivity index (χ0) is 19.6. The van der Waals surface area contributed by atoms with Crippen LogP contribution in [-0.4, -0.2) is 64.1 Å². The van der Waals surface area contributed by atoms with Gasteiger partial charge in [-0.05, 0) is 31.5 Å². The Morgan fingerprint density at radius 1 is 1.15 bits per heavy atom. The number of amides is 2. The molecule has 0 aliphatic carbocycles. The van der Waals surface area contributed by atoms with Crippen LogP contribution in [0.5, 0.6) is 0 Å². The number of carbonyl (C=O) groups excluding carboxylic acids is 2. The maximum Gasteiger partial charge on any atom is 0.254 e. The Labute approximate surface area is 157 Å². The summed E-state index contributed by atoms with van der Waals surface area (Å²) in [7, 11) is 1.78. The van der Waals surface area contributed by atoms with Crippen LogP contribution in [0.2, 0.25) is 0 Å². The van der Waals surface area contributed by atoms with Crippen LogP contribution in [0.25, 0.3) is 0 Å². The summed E-state index contributed by atoms with van der Waals surface area (Å²) in [5.41, 5.74) is 1.72. The molecule has 2 amide bonds. The van der Waals surface area contributed by atoms with E-state index in [9.17, 15) is 14.0 Å². The lowest BCUT2D eigenvalue weighted by molar-refractivity contribution is -0.117. The van der Waals surface area contributed by atoms with E-state index < -0.39 is 0 Å². The number of hydrogen-bond acceptors (Lipinski definition) is 4. The number of halogens is 1. The molecule has 0 spiro atoms. The highest BCUT2D eigenvalue weighted by Crippen LogP contribution is 2.13. The van der Waals surface area contributed by atoms with E-state index in [1.807, 2.05) is 17.9 Å². The van der Waals surface area contributed by atoms with Crippen molar-refractivity contribution in [3.05, 3.63) is 46.9 Å². The molecule has 1 aliphatic heterocycles. The molecule has 1 aromatic carbocycles. The molecule has 27 heavy (non-hydrogen) atoms. The summed E-state index contributed by atoms with van der Waals surface area (Å²) in [6.07, 6.45) is 0. The van der Waals surface area contributed by atoms with Crippen molar-refractivity contribution in [2.24, 2.45) is 7.05 Å². The van der Waals surface area contributed by atoms with Gasteiger partial charge in [-0.25, -0.2) is 4.39 Å². The first-order valence-corrected chi connectivity index (χ1v) is 8.92. The molecule has 0 saturated carbocycles. The summed E-state index contributed by atoms with van der Waals surface area (Å²) in [5, 5.41) is 7.05. The number of piperazine rings is 1. The van der Waals surface area contributed by atoms with Gasteiger partial charge in [0.15, 0.2) is 0 Å². The van der Waals surface area contributed by atoms with E-state index in [4.69, 9.17) is 0 Å². The van der Waals surface area contributed by atoms with Crippen molar-refractivity contribution in [2.75, 3.05) is 38.0 Å². The molecule has 0 bridgehead atoms. The Balaban J connectivity index is 1.51. The van der Waals surface area contributed by atoms with Crippen molar-refractivity contribution in [2.45, 2.75) is 13.8 Å². The number of hydrogen-bond donors (Lipinski definition) is 1. The number of nitrogens with one attached hydrogen (secondary N) is 1. The molecule has 2 aromatic rings. The SMILES string of the molecule is Cc1cc(NC(=O)CN2CCN(C(=O)c3ccc(C)c(F)c3)CC2)n(C)n1. The lowest BCUT2D eigenvalue weighted by atomic mass is 10.1. The summed E-state index contributed by atoms with van der Waals surface area (Å²) in [6, 6.07) is 6.36. The topological polar surface area (TPSA) is 70.5 Å². The van der Waals surface area contributed by atoms with Crippen LogP contribution in [0, 0.1) is 19.7 Å². The van der Waals surface area contributed by atoms with Gasteiger partial charge in [-0.3, -0.25) is 19.2 Å². The van der Waals surface area contributed by atoms with Crippen LogP contribution in [0.4, 0.5) is 10.2 Å². The number of rotatable bonds is 4. The summed E-state index contributed by atoms with van der Waals surface area (Å²) in [6.45, 7) is 5.99. The minimum atomic E-state index is -0.374. The summed E-state index contributed by atoms with van der Waals surface area (Å²) in [4.78, 5) is 28.5. The van der Waals surface area contributed by atoms with E-state index >= 15 is 0 Å². The van der Waals surface area contributed by atoms with E-state index in [0.717, 1.165) is 5.69 Å². The standard InChI is InChI=1S/C19H24FN5O2/c1-13-4-5-15(11-16(13)20)19(27)25-8-6-24(7-9-25)12-18(26)21-17-10-14(2)22-23(17)3/h4-5,10-11H,6-9,12H2,1-3H3,(H,21,26). The number of nitrogens with zero attached hydrogens (tertiary/aromatic N) is 4. The van der Waals surface area contributed by atoms with Gasteiger partial charge in [0.1, 0.15) is 11.6 Å². The quantitative estimate of drug-likeness (QED) is 0.883. The minimum absolute atomic E-state index is 0.113. The fourth-order valence-electron chi connectivity index (χ4n) is 3.13. The molecule has 1 saturated heterocycles. The first kappa shape index (κ1) is 19.0. The summed E-state index contributed by atoms with van der Waals surface area (Å²) in [5.74, 6) is -0.00369. The molecule has 144 valence electrons. The maximum absolute atomic E-state index is 13.7. The normalized spacial score (nSPS) is 15.0. The Morgan fingerprint density at radius 3 is 2.44 bits per heavy atom. The summed E-state index contributed by atoms with van der Waals surface area (Å²) >= 11 is 0. The molecular weight excluding hydrogens is 349 g/mol. The Hall–Kier alpha value is -2.74. The molecule has 1 fully saturated rings. The smallest absolute Gasteiger partial charge is 0.254 e. The van der Waals surface area contributed by atoms with Gasteiger partial charge in [0.05, 0.1) is 12.2 Å². The van der Waals surface area contributed by atoms with Gasteiger partial charge in [-0.15, -0.1) is 0 Å². The summed E-state index contributed by atoms with van der Waals surface area (Å²) < 4.78 is 15.3. The number of carbonyl (C=O) groups is 2. The predicted octanol–water partition coefficient (Wildman–Crippen LogP) is 1.57. The van der Waals surface area contributed by atoms with Gasteiger partial charge in [-0.1, -0.05) is 6.07 Å². The van der Waals surface area contributed by atoms with Crippen LogP contribution in [0.3, 0.4) is 0 Å². The van der Waals surface area contributed by atoms with Crippen molar-refractivity contribution >= 4 is 17.6 Å². The van der Waals surface area contributed by atoms with Crippen LogP contribution in [0.1, 0.15) is 21.6 Å². The number of aryl methyl sites for hydroxylation is 3. The van der Waals surface area contributed by atoms with Crippen molar-refractivity contribution in [3.8, 4) is 0 Å². The van der Waals surface area contributed by atoms with Crippen molar-refractivity contribution in [1.82, 2.24) is 19.6 Å². The zero-order valence-corrected chi connectivity index (χ0v) is 15.8. The molecule has 8 heteroatoms. The molecule has 3 rings (SSSR count). The zero-order valence-electron chi connectivity index (χ0n) is 15.8. The van der Waals surface area contributed by atoms with Crippen LogP contribution >= 0.6 is 0 Å². The molecule has 0 radical (unpaired) electrons. The minimum Gasteiger partial charge on any atom is -0.336 e. The molecular formula is C19H24FN5O2. The van der Waals surface area contributed by atoms with Gasteiger partial charge >= 0.3 is 0 Å². The van der Waals surface area contributed by atoms with Crippen molar-refractivity contribution in [1.29, 1.82) is 0 Å². The Morgan fingerprint density at radius 2 is 1.85 bits per heavy atom. The van der Waals surface area contributed by atoms with E-state index in [1.54, 1.807) is 35.7 Å². The first-order chi connectivity index (χ1) is 12.8. The second kappa shape index (κ2) is 7.87. The Bertz CT molecular complexity index is 856. The first-order valence-electron chi connectivity index (χ1n) is 8.92. The molecule has 2 heterocycles. The fourth-order valence-corrected chi connectivity index (χ4v) is 3.13. The van der Waals surface area contributed by atoms with Gasteiger partial charge < -0.3 is 10.2 Å². The highest BCUT2D eigenvalue weighted by atomic mass is 19.1. The van der Waals surface area contributed by atoms with Crippen molar-refractivity contribution < 1.29 is 14.0 Å². The van der Waals surface area contributed by atoms with E-state index in [0.29, 0.717) is 43.1 Å². The number of aromatic nitrogens is 2.